The number of hydrogen-bond donors (Lipinski definition) is 1. The first kappa shape index (κ1) is 17.4. The molecular weight excluding hydrogens is 266 g/mol. The van der Waals surface area contributed by atoms with Crippen LogP contribution in [-0.4, -0.2) is 32.3 Å². The molecule has 1 unspecified atom stereocenters. The average Bonchev–Trinajstić information content (AvgIpc) is 2.48. The van der Waals surface area contributed by atoms with Crippen LogP contribution in [0.1, 0.15) is 19.4 Å². The molecule has 0 saturated heterocycles. The number of ether oxygens (including phenoxy) is 2. The van der Waals surface area contributed by atoms with Gasteiger partial charge in [0, 0.05) is 13.1 Å². The Balaban J connectivity index is 2.09. The molecule has 4 heteroatoms. The predicted molar refractivity (Wildman–Crippen MR) is 83.9 cm³/mol. The smallest absolute Gasteiger partial charge is 0.310 e. The van der Waals surface area contributed by atoms with E-state index in [2.05, 4.69) is 11.9 Å². The Bertz CT molecular complexity index is 431. The van der Waals surface area contributed by atoms with Gasteiger partial charge in [0.15, 0.2) is 0 Å². The quantitative estimate of drug-likeness (QED) is 0.409. The maximum atomic E-state index is 11.8. The van der Waals surface area contributed by atoms with Crippen molar-refractivity contribution in [3.05, 3.63) is 48.0 Å². The largest absolute Gasteiger partial charge is 0.461 e. The average molecular weight is 291 g/mol. The summed E-state index contributed by atoms with van der Waals surface area (Å²) in [6, 6.07) is 9.68. The van der Waals surface area contributed by atoms with Gasteiger partial charge in [-0.1, -0.05) is 49.4 Å². The lowest BCUT2D eigenvalue weighted by atomic mass is 10.2. The van der Waals surface area contributed by atoms with Crippen LogP contribution in [0.5, 0.6) is 0 Å². The van der Waals surface area contributed by atoms with Crippen LogP contribution in [0.3, 0.4) is 0 Å². The highest BCUT2D eigenvalue weighted by Gasteiger charge is 2.13. The Morgan fingerprint density at radius 1 is 1.33 bits per heavy atom. The molecule has 0 radical (unpaired) electrons. The van der Waals surface area contributed by atoms with Crippen molar-refractivity contribution in [1.82, 2.24) is 5.32 Å². The summed E-state index contributed by atoms with van der Waals surface area (Å²) in [5.74, 6) is -0.357. The Morgan fingerprint density at radius 2 is 2.05 bits per heavy atom. The van der Waals surface area contributed by atoms with Gasteiger partial charge in [-0.3, -0.25) is 4.79 Å². The minimum absolute atomic E-state index is 0.171. The van der Waals surface area contributed by atoms with E-state index in [4.69, 9.17) is 9.47 Å². The Hall–Kier alpha value is -1.65. The molecule has 0 heterocycles. The molecule has 1 N–H and O–H groups in total. The van der Waals surface area contributed by atoms with Crippen LogP contribution in [0.2, 0.25) is 0 Å². The van der Waals surface area contributed by atoms with Crippen molar-refractivity contribution in [2.45, 2.75) is 20.5 Å². The number of hydrogen-bond acceptors (Lipinski definition) is 4. The highest BCUT2D eigenvalue weighted by Crippen LogP contribution is 2.04. The molecule has 0 aliphatic heterocycles. The fourth-order valence-corrected chi connectivity index (χ4v) is 1.66. The van der Waals surface area contributed by atoms with E-state index in [1.54, 1.807) is 0 Å². The van der Waals surface area contributed by atoms with Gasteiger partial charge in [-0.15, -0.1) is 0 Å². The molecule has 0 aliphatic carbocycles. The third-order valence-electron chi connectivity index (χ3n) is 2.85. The number of benzene rings is 1. The van der Waals surface area contributed by atoms with Gasteiger partial charge >= 0.3 is 5.97 Å². The molecule has 0 fully saturated rings. The third kappa shape index (κ3) is 8.27. The maximum absolute atomic E-state index is 11.8. The summed E-state index contributed by atoms with van der Waals surface area (Å²) in [4.78, 5) is 11.8. The topological polar surface area (TPSA) is 47.6 Å². The Morgan fingerprint density at radius 3 is 2.71 bits per heavy atom. The zero-order chi connectivity index (χ0) is 15.5. The van der Waals surface area contributed by atoms with Gasteiger partial charge in [0.25, 0.3) is 0 Å². The molecule has 116 valence electrons. The molecule has 1 atom stereocenters. The van der Waals surface area contributed by atoms with E-state index in [0.717, 1.165) is 11.1 Å². The highest BCUT2D eigenvalue weighted by atomic mass is 16.5. The van der Waals surface area contributed by atoms with Crippen molar-refractivity contribution in [2.75, 3.05) is 26.3 Å². The van der Waals surface area contributed by atoms with E-state index in [0.29, 0.717) is 32.9 Å². The fourth-order valence-electron chi connectivity index (χ4n) is 1.66. The summed E-state index contributed by atoms with van der Waals surface area (Å²) in [7, 11) is 0. The molecule has 1 aromatic carbocycles. The van der Waals surface area contributed by atoms with Gasteiger partial charge < -0.3 is 14.8 Å². The first-order valence-electron chi connectivity index (χ1n) is 7.23. The number of rotatable bonds is 10. The molecule has 21 heavy (non-hydrogen) atoms. The van der Waals surface area contributed by atoms with Crippen molar-refractivity contribution in [1.29, 1.82) is 0 Å². The summed E-state index contributed by atoms with van der Waals surface area (Å²) >= 11 is 0. The van der Waals surface area contributed by atoms with Gasteiger partial charge in [-0.2, -0.15) is 0 Å². The molecular formula is C17H25NO3. The Kier molecular flexibility index (Phi) is 8.40. The summed E-state index contributed by atoms with van der Waals surface area (Å²) < 4.78 is 10.6. The van der Waals surface area contributed by atoms with Crippen LogP contribution in [0, 0.1) is 5.92 Å². The molecule has 0 saturated carbocycles. The second-order valence-electron chi connectivity index (χ2n) is 5.21. The minimum atomic E-state index is -0.186. The third-order valence-corrected chi connectivity index (χ3v) is 2.85. The standard InChI is InChI=1S/C17H25NO3/c1-14(2)12-20-10-9-18-11-15(3)17(19)21-13-16-7-5-4-6-8-16/h4-8,15,18H,1,9-13H2,2-3H3. The zero-order valence-corrected chi connectivity index (χ0v) is 12.9. The van der Waals surface area contributed by atoms with Gasteiger partial charge in [0.05, 0.1) is 19.1 Å². The number of nitrogens with one attached hydrogen (secondary N) is 1. The van der Waals surface area contributed by atoms with Crippen LogP contribution >= 0.6 is 0 Å². The second-order valence-corrected chi connectivity index (χ2v) is 5.21. The molecule has 0 amide bonds. The molecule has 0 spiro atoms. The van der Waals surface area contributed by atoms with Gasteiger partial charge in [-0.25, -0.2) is 0 Å². The van der Waals surface area contributed by atoms with Crippen molar-refractivity contribution < 1.29 is 14.3 Å². The number of carbonyl (C=O) groups is 1. The van der Waals surface area contributed by atoms with E-state index in [-0.39, 0.29) is 11.9 Å². The lowest BCUT2D eigenvalue weighted by Gasteiger charge is -2.12. The second kappa shape index (κ2) is 10.1. The van der Waals surface area contributed by atoms with Crippen LogP contribution in [-0.2, 0) is 20.9 Å². The van der Waals surface area contributed by atoms with Crippen molar-refractivity contribution in [3.63, 3.8) is 0 Å². The number of carbonyl (C=O) groups excluding carboxylic acids is 1. The summed E-state index contributed by atoms with van der Waals surface area (Å²) in [5.41, 5.74) is 2.01. The highest BCUT2D eigenvalue weighted by molar-refractivity contribution is 5.72. The van der Waals surface area contributed by atoms with Gasteiger partial charge in [0.2, 0.25) is 0 Å². The van der Waals surface area contributed by atoms with E-state index in [9.17, 15) is 4.79 Å². The fraction of sp³-hybridized carbons (Fsp3) is 0.471. The summed E-state index contributed by atoms with van der Waals surface area (Å²) in [5, 5.41) is 3.18. The summed E-state index contributed by atoms with van der Waals surface area (Å²) in [6.07, 6.45) is 0. The molecule has 0 aliphatic rings. The van der Waals surface area contributed by atoms with Crippen molar-refractivity contribution in [3.8, 4) is 0 Å². The van der Waals surface area contributed by atoms with Crippen LogP contribution in [0.15, 0.2) is 42.5 Å². The monoisotopic (exact) mass is 291 g/mol. The first-order chi connectivity index (χ1) is 10.1. The van der Waals surface area contributed by atoms with E-state index in [1.807, 2.05) is 44.2 Å². The van der Waals surface area contributed by atoms with Crippen LogP contribution in [0.25, 0.3) is 0 Å². The normalized spacial score (nSPS) is 11.9. The van der Waals surface area contributed by atoms with Gasteiger partial charge in [0.1, 0.15) is 6.61 Å². The minimum Gasteiger partial charge on any atom is -0.461 e. The first-order valence-corrected chi connectivity index (χ1v) is 7.23. The SMILES string of the molecule is C=C(C)COCCNCC(C)C(=O)OCc1ccccc1. The maximum Gasteiger partial charge on any atom is 0.310 e. The van der Waals surface area contributed by atoms with Gasteiger partial charge in [-0.05, 0) is 12.5 Å². The van der Waals surface area contributed by atoms with E-state index in [1.165, 1.54) is 0 Å². The zero-order valence-electron chi connectivity index (χ0n) is 12.9. The summed E-state index contributed by atoms with van der Waals surface area (Å²) in [6.45, 7) is 10.4. The molecule has 1 aromatic rings. The number of esters is 1. The molecule has 0 bridgehead atoms. The molecule has 4 nitrogen and oxygen atoms in total. The Labute approximate surface area is 127 Å². The van der Waals surface area contributed by atoms with Crippen LogP contribution < -0.4 is 5.32 Å². The van der Waals surface area contributed by atoms with E-state index < -0.39 is 0 Å². The lowest BCUT2D eigenvalue weighted by Crippen LogP contribution is -2.30. The van der Waals surface area contributed by atoms with E-state index >= 15 is 0 Å². The molecule has 1 rings (SSSR count). The molecule has 0 aromatic heterocycles. The van der Waals surface area contributed by atoms with Crippen molar-refractivity contribution in [2.24, 2.45) is 5.92 Å². The lowest BCUT2D eigenvalue weighted by molar-refractivity contribution is -0.149. The van der Waals surface area contributed by atoms with Crippen molar-refractivity contribution >= 4 is 5.97 Å². The van der Waals surface area contributed by atoms with Crippen LogP contribution in [0.4, 0.5) is 0 Å². The predicted octanol–water partition coefficient (Wildman–Crippen LogP) is 2.55.